The van der Waals surface area contributed by atoms with E-state index in [2.05, 4.69) is 23.3 Å². The van der Waals surface area contributed by atoms with E-state index in [4.69, 9.17) is 14.5 Å². The first kappa shape index (κ1) is 23.7. The smallest absolute Gasteiger partial charge is 0.226 e. The van der Waals surface area contributed by atoms with E-state index in [1.54, 1.807) is 14.2 Å². The number of amides is 1. The van der Waals surface area contributed by atoms with Gasteiger partial charge in [-0.25, -0.2) is 0 Å². The van der Waals surface area contributed by atoms with Gasteiger partial charge in [0.2, 0.25) is 5.91 Å². The molecule has 2 aromatic rings. The van der Waals surface area contributed by atoms with Crippen molar-refractivity contribution >= 4 is 5.91 Å². The number of para-hydroxylation sites is 1. The number of hydrogen-bond acceptors (Lipinski definition) is 5. The fourth-order valence-electron chi connectivity index (χ4n) is 5.29. The van der Waals surface area contributed by atoms with Crippen molar-refractivity contribution < 1.29 is 14.3 Å². The maximum Gasteiger partial charge on any atom is 0.226 e. The van der Waals surface area contributed by atoms with Crippen molar-refractivity contribution in [3.05, 3.63) is 48.2 Å². The van der Waals surface area contributed by atoms with E-state index >= 15 is 0 Å². The molecule has 0 atom stereocenters. The molecule has 1 aliphatic carbocycles. The Labute approximate surface area is 197 Å². The van der Waals surface area contributed by atoms with Gasteiger partial charge in [-0.3, -0.25) is 9.78 Å². The summed E-state index contributed by atoms with van der Waals surface area (Å²) in [5.41, 5.74) is 2.56. The molecule has 2 fully saturated rings. The van der Waals surface area contributed by atoms with E-state index in [0.717, 1.165) is 74.2 Å². The van der Waals surface area contributed by atoms with Gasteiger partial charge in [-0.15, -0.1) is 0 Å². The number of methoxy groups -OCH3 is 2. The molecule has 1 amide bonds. The predicted octanol–water partition coefficient (Wildman–Crippen LogP) is 4.09. The fourth-order valence-corrected chi connectivity index (χ4v) is 5.29. The molecule has 1 N–H and O–H groups in total. The van der Waals surface area contributed by atoms with Crippen LogP contribution in [-0.2, 0) is 16.0 Å². The van der Waals surface area contributed by atoms with E-state index in [1.165, 1.54) is 0 Å². The van der Waals surface area contributed by atoms with Crippen LogP contribution in [0.4, 0.5) is 0 Å². The number of ether oxygens (including phenoxy) is 2. The lowest BCUT2D eigenvalue weighted by atomic mass is 9.68. The van der Waals surface area contributed by atoms with Crippen LogP contribution in [0.1, 0.15) is 44.1 Å². The van der Waals surface area contributed by atoms with Crippen LogP contribution in [0.3, 0.4) is 0 Å². The molecule has 178 valence electrons. The van der Waals surface area contributed by atoms with Crippen LogP contribution in [0.2, 0.25) is 0 Å². The molecule has 0 radical (unpaired) electrons. The monoisotopic (exact) mass is 451 g/mol. The molecule has 2 aliphatic rings. The highest BCUT2D eigenvalue weighted by Crippen LogP contribution is 2.41. The zero-order chi connectivity index (χ0) is 23.3. The van der Waals surface area contributed by atoms with E-state index < -0.39 is 5.41 Å². The average molecular weight is 452 g/mol. The maximum atomic E-state index is 13.6. The third kappa shape index (κ3) is 5.56. The van der Waals surface area contributed by atoms with Crippen LogP contribution >= 0.6 is 0 Å². The Kier molecular flexibility index (Phi) is 7.66. The second kappa shape index (κ2) is 10.7. The standard InChI is InChI=1S/C27H37N3O3/c1-30-16-12-21(13-17-30)29-26(31)27(14-10-22(32-2)11-15-27)18-20-8-9-24(28-19-20)23-6-4-5-7-25(23)33-3/h4-9,19,21-22H,10-18H2,1-3H3,(H,29,31). The highest BCUT2D eigenvalue weighted by molar-refractivity contribution is 5.83. The molecule has 4 rings (SSSR count). The molecular formula is C27H37N3O3. The first-order valence-electron chi connectivity index (χ1n) is 12.1. The van der Waals surface area contributed by atoms with Crippen molar-refractivity contribution in [1.29, 1.82) is 0 Å². The van der Waals surface area contributed by atoms with Crippen molar-refractivity contribution in [2.24, 2.45) is 5.41 Å². The van der Waals surface area contributed by atoms with Crippen LogP contribution in [0.25, 0.3) is 11.3 Å². The second-order valence-electron chi connectivity index (χ2n) is 9.70. The minimum Gasteiger partial charge on any atom is -0.496 e. The van der Waals surface area contributed by atoms with Gasteiger partial charge in [0.05, 0.1) is 24.3 Å². The number of pyridine rings is 1. The van der Waals surface area contributed by atoms with Gasteiger partial charge in [0.15, 0.2) is 0 Å². The number of nitrogens with zero attached hydrogens (tertiary/aromatic N) is 2. The van der Waals surface area contributed by atoms with Crippen LogP contribution in [0.15, 0.2) is 42.6 Å². The molecule has 1 saturated carbocycles. The van der Waals surface area contributed by atoms with Gasteiger partial charge < -0.3 is 19.7 Å². The maximum absolute atomic E-state index is 13.6. The van der Waals surface area contributed by atoms with E-state index in [0.29, 0.717) is 6.42 Å². The lowest BCUT2D eigenvalue weighted by molar-refractivity contribution is -0.135. The number of carbonyl (C=O) groups excluding carboxylic acids is 1. The molecule has 6 heteroatoms. The molecule has 33 heavy (non-hydrogen) atoms. The zero-order valence-corrected chi connectivity index (χ0v) is 20.2. The number of piperidine rings is 1. The molecule has 1 saturated heterocycles. The number of likely N-dealkylation sites (tertiary alicyclic amines) is 1. The highest BCUT2D eigenvalue weighted by atomic mass is 16.5. The lowest BCUT2D eigenvalue weighted by Crippen LogP contribution is -2.51. The number of hydrogen-bond donors (Lipinski definition) is 1. The minimum atomic E-state index is -0.397. The number of rotatable bonds is 7. The summed E-state index contributed by atoms with van der Waals surface area (Å²) in [6.45, 7) is 2.08. The van der Waals surface area contributed by atoms with Crippen LogP contribution < -0.4 is 10.1 Å². The molecule has 2 heterocycles. The van der Waals surface area contributed by atoms with Gasteiger partial charge in [0, 0.05) is 24.9 Å². The third-order valence-corrected chi connectivity index (χ3v) is 7.51. The van der Waals surface area contributed by atoms with Crippen molar-refractivity contribution in [2.75, 3.05) is 34.4 Å². The van der Waals surface area contributed by atoms with Gasteiger partial charge in [-0.2, -0.15) is 0 Å². The molecule has 1 aromatic carbocycles. The summed E-state index contributed by atoms with van der Waals surface area (Å²) in [4.78, 5) is 20.7. The van der Waals surface area contributed by atoms with Crippen molar-refractivity contribution in [3.8, 4) is 17.0 Å². The average Bonchev–Trinajstić information content (AvgIpc) is 2.86. The van der Waals surface area contributed by atoms with Gasteiger partial charge >= 0.3 is 0 Å². The van der Waals surface area contributed by atoms with Crippen molar-refractivity contribution in [2.45, 2.75) is 57.1 Å². The number of nitrogens with one attached hydrogen (secondary N) is 1. The molecule has 1 aromatic heterocycles. The summed E-state index contributed by atoms with van der Waals surface area (Å²) < 4.78 is 11.1. The number of carbonyl (C=O) groups is 1. The molecule has 0 spiro atoms. The molecule has 1 aliphatic heterocycles. The first-order chi connectivity index (χ1) is 16.0. The SMILES string of the molecule is COc1ccccc1-c1ccc(CC2(C(=O)NC3CCN(C)CC3)CCC(OC)CC2)cn1. The van der Waals surface area contributed by atoms with E-state index in [9.17, 15) is 4.79 Å². The summed E-state index contributed by atoms with van der Waals surface area (Å²) in [7, 11) is 5.60. The molecule has 0 unspecified atom stereocenters. The first-order valence-corrected chi connectivity index (χ1v) is 12.1. The van der Waals surface area contributed by atoms with Gasteiger partial charge in [0.1, 0.15) is 5.75 Å². The molecular weight excluding hydrogens is 414 g/mol. The van der Waals surface area contributed by atoms with Crippen molar-refractivity contribution in [1.82, 2.24) is 15.2 Å². The summed E-state index contributed by atoms with van der Waals surface area (Å²) in [6, 6.07) is 12.3. The summed E-state index contributed by atoms with van der Waals surface area (Å²) in [5, 5.41) is 3.41. The quantitative estimate of drug-likeness (QED) is 0.687. The van der Waals surface area contributed by atoms with Gasteiger partial charge in [-0.05, 0) is 88.8 Å². The zero-order valence-electron chi connectivity index (χ0n) is 20.2. The Morgan fingerprint density at radius 3 is 2.45 bits per heavy atom. The van der Waals surface area contributed by atoms with E-state index in [1.807, 2.05) is 36.5 Å². The topological polar surface area (TPSA) is 63.7 Å². The predicted molar refractivity (Wildman–Crippen MR) is 130 cm³/mol. The Balaban J connectivity index is 1.51. The van der Waals surface area contributed by atoms with Crippen LogP contribution in [-0.4, -0.2) is 62.3 Å². The highest BCUT2D eigenvalue weighted by Gasteiger charge is 2.42. The Hall–Kier alpha value is -2.44. The van der Waals surface area contributed by atoms with Crippen LogP contribution in [0.5, 0.6) is 5.75 Å². The summed E-state index contributed by atoms with van der Waals surface area (Å²) in [5.74, 6) is 1.02. The number of benzene rings is 1. The second-order valence-corrected chi connectivity index (χ2v) is 9.70. The summed E-state index contributed by atoms with van der Waals surface area (Å²) in [6.07, 6.45) is 8.46. The minimum absolute atomic E-state index is 0.209. The summed E-state index contributed by atoms with van der Waals surface area (Å²) >= 11 is 0. The van der Waals surface area contributed by atoms with Gasteiger partial charge in [-0.1, -0.05) is 18.2 Å². The fraction of sp³-hybridized carbons (Fsp3) is 0.556. The third-order valence-electron chi connectivity index (χ3n) is 7.51. The molecule has 0 bridgehead atoms. The van der Waals surface area contributed by atoms with E-state index in [-0.39, 0.29) is 18.1 Å². The Morgan fingerprint density at radius 1 is 1.09 bits per heavy atom. The largest absolute Gasteiger partial charge is 0.496 e. The Bertz CT molecular complexity index is 914. The molecule has 6 nitrogen and oxygen atoms in total. The van der Waals surface area contributed by atoms with Crippen molar-refractivity contribution in [3.63, 3.8) is 0 Å². The number of aromatic nitrogens is 1. The lowest BCUT2D eigenvalue weighted by Gasteiger charge is -2.40. The normalized spacial score (nSPS) is 24.4. The van der Waals surface area contributed by atoms with Crippen LogP contribution in [0, 0.1) is 5.41 Å². The Morgan fingerprint density at radius 2 is 1.82 bits per heavy atom. The van der Waals surface area contributed by atoms with Gasteiger partial charge in [0.25, 0.3) is 0 Å².